The Hall–Kier alpha value is -2.50. The highest BCUT2D eigenvalue weighted by molar-refractivity contribution is 5.91. The third-order valence-corrected chi connectivity index (χ3v) is 4.65. The third kappa shape index (κ3) is 3.22. The second kappa shape index (κ2) is 6.95. The molecule has 1 saturated heterocycles. The Morgan fingerprint density at radius 2 is 2.00 bits per heavy atom. The van der Waals surface area contributed by atoms with Crippen molar-refractivity contribution in [2.24, 2.45) is 5.92 Å². The number of fused-ring (bicyclic) bond motifs is 1. The molecule has 1 aromatic carbocycles. The van der Waals surface area contributed by atoms with Crippen molar-refractivity contribution in [2.75, 3.05) is 25.4 Å². The van der Waals surface area contributed by atoms with Crippen molar-refractivity contribution in [2.45, 2.75) is 26.3 Å². The van der Waals surface area contributed by atoms with Crippen molar-refractivity contribution < 1.29 is 9.53 Å². The Morgan fingerprint density at radius 1 is 1.25 bits per heavy atom. The fraction of sp³-hybridized carbons (Fsp3) is 0.444. The molecule has 6 nitrogen and oxygen atoms in total. The van der Waals surface area contributed by atoms with Crippen LogP contribution in [0.1, 0.15) is 19.8 Å². The summed E-state index contributed by atoms with van der Waals surface area (Å²) in [6.07, 6.45) is 3.33. The minimum absolute atomic E-state index is 0.00683. The molecule has 1 fully saturated rings. The summed E-state index contributed by atoms with van der Waals surface area (Å²) in [6.45, 7) is 4.23. The van der Waals surface area contributed by atoms with E-state index in [1.165, 1.54) is 0 Å². The average molecular weight is 329 g/mol. The van der Waals surface area contributed by atoms with Gasteiger partial charge in [-0.3, -0.25) is 4.79 Å². The van der Waals surface area contributed by atoms with Crippen LogP contribution in [0.25, 0.3) is 10.8 Å². The molecule has 0 atom stereocenters. The van der Waals surface area contributed by atoms with Crippen LogP contribution in [0.15, 0.2) is 35.3 Å². The van der Waals surface area contributed by atoms with Gasteiger partial charge < -0.3 is 19.9 Å². The van der Waals surface area contributed by atoms with Gasteiger partial charge in [0.25, 0.3) is 5.56 Å². The number of aromatic nitrogens is 1. The van der Waals surface area contributed by atoms with E-state index < -0.39 is 0 Å². The maximum atomic E-state index is 12.6. The molecule has 24 heavy (non-hydrogen) atoms. The van der Waals surface area contributed by atoms with E-state index in [1.807, 2.05) is 25.3 Å². The van der Waals surface area contributed by atoms with E-state index in [4.69, 9.17) is 10.5 Å². The predicted molar refractivity (Wildman–Crippen MR) is 93.9 cm³/mol. The van der Waals surface area contributed by atoms with Crippen LogP contribution in [-0.4, -0.2) is 35.3 Å². The number of anilines is 1. The number of rotatable bonds is 3. The highest BCUT2D eigenvalue weighted by Crippen LogP contribution is 2.21. The first kappa shape index (κ1) is 16.4. The van der Waals surface area contributed by atoms with Gasteiger partial charge in [0, 0.05) is 42.3 Å². The van der Waals surface area contributed by atoms with Gasteiger partial charge in [0.1, 0.15) is 0 Å². The van der Waals surface area contributed by atoms with Gasteiger partial charge in [0.2, 0.25) is 0 Å². The van der Waals surface area contributed by atoms with E-state index >= 15 is 0 Å². The van der Waals surface area contributed by atoms with Crippen molar-refractivity contribution in [3.63, 3.8) is 0 Å². The molecule has 6 heteroatoms. The summed E-state index contributed by atoms with van der Waals surface area (Å²) in [5.41, 5.74) is 6.55. The number of benzene rings is 1. The number of nitrogen functional groups attached to an aromatic ring is 1. The topological polar surface area (TPSA) is 77.6 Å². The molecule has 2 aromatic rings. The number of hydrogen-bond donors (Lipinski definition) is 1. The standard InChI is InChI=1S/C18H23N3O3/c1-2-24-18(23)20-9-6-13(7-10-20)12-21-11-8-14-15(17(21)22)4-3-5-16(14)19/h3-5,8,11,13H,2,6-7,9-10,12,19H2,1H3. The Kier molecular flexibility index (Phi) is 4.74. The molecule has 1 amide bonds. The summed E-state index contributed by atoms with van der Waals surface area (Å²) in [5, 5.41) is 1.46. The molecule has 1 aliphatic heterocycles. The van der Waals surface area contributed by atoms with Crippen LogP contribution in [0.2, 0.25) is 0 Å². The molecule has 2 heterocycles. The number of nitrogens with zero attached hydrogens (tertiary/aromatic N) is 2. The monoisotopic (exact) mass is 329 g/mol. The number of amides is 1. The smallest absolute Gasteiger partial charge is 0.409 e. The van der Waals surface area contributed by atoms with Crippen LogP contribution in [-0.2, 0) is 11.3 Å². The Bertz CT molecular complexity index is 792. The first-order valence-corrected chi connectivity index (χ1v) is 8.39. The number of carbonyl (C=O) groups is 1. The maximum absolute atomic E-state index is 12.6. The van der Waals surface area contributed by atoms with Crippen molar-refractivity contribution in [1.82, 2.24) is 9.47 Å². The molecule has 128 valence electrons. The van der Waals surface area contributed by atoms with Gasteiger partial charge in [0.15, 0.2) is 0 Å². The molecular weight excluding hydrogens is 306 g/mol. The quantitative estimate of drug-likeness (QED) is 0.878. The minimum atomic E-state index is -0.241. The molecule has 2 N–H and O–H groups in total. The van der Waals surface area contributed by atoms with Crippen LogP contribution >= 0.6 is 0 Å². The van der Waals surface area contributed by atoms with Gasteiger partial charge in [-0.25, -0.2) is 4.79 Å². The predicted octanol–water partition coefficient (Wildman–Crippen LogP) is 2.45. The minimum Gasteiger partial charge on any atom is -0.450 e. The summed E-state index contributed by atoms with van der Waals surface area (Å²) in [5.74, 6) is 0.381. The van der Waals surface area contributed by atoms with Gasteiger partial charge in [0.05, 0.1) is 6.61 Å². The number of piperidine rings is 1. The average Bonchev–Trinajstić information content (AvgIpc) is 2.59. The molecule has 1 aromatic heterocycles. The fourth-order valence-electron chi connectivity index (χ4n) is 3.28. The number of hydrogen-bond acceptors (Lipinski definition) is 4. The van der Waals surface area contributed by atoms with Gasteiger partial charge in [-0.05, 0) is 43.9 Å². The first-order chi connectivity index (χ1) is 11.6. The van der Waals surface area contributed by atoms with Gasteiger partial charge in [-0.15, -0.1) is 0 Å². The van der Waals surface area contributed by atoms with E-state index in [-0.39, 0.29) is 11.7 Å². The molecule has 0 spiro atoms. The van der Waals surface area contributed by atoms with Crippen LogP contribution in [0.5, 0.6) is 0 Å². The Morgan fingerprint density at radius 3 is 2.71 bits per heavy atom. The van der Waals surface area contributed by atoms with E-state index in [0.29, 0.717) is 43.2 Å². The van der Waals surface area contributed by atoms with Crippen molar-refractivity contribution in [3.05, 3.63) is 40.8 Å². The zero-order valence-corrected chi connectivity index (χ0v) is 13.9. The Balaban J connectivity index is 1.70. The lowest BCUT2D eigenvalue weighted by Crippen LogP contribution is -2.40. The first-order valence-electron chi connectivity index (χ1n) is 8.39. The zero-order valence-electron chi connectivity index (χ0n) is 13.9. The molecule has 0 radical (unpaired) electrons. The van der Waals surface area contributed by atoms with E-state index in [9.17, 15) is 9.59 Å². The number of ether oxygens (including phenoxy) is 1. The molecule has 0 aliphatic carbocycles. The molecular formula is C18H23N3O3. The molecule has 0 unspecified atom stereocenters. The van der Waals surface area contributed by atoms with E-state index in [0.717, 1.165) is 18.2 Å². The van der Waals surface area contributed by atoms with E-state index in [1.54, 1.807) is 21.6 Å². The molecule has 3 rings (SSSR count). The van der Waals surface area contributed by atoms with Crippen LogP contribution in [0.3, 0.4) is 0 Å². The number of likely N-dealkylation sites (tertiary alicyclic amines) is 1. The summed E-state index contributed by atoms with van der Waals surface area (Å²) in [4.78, 5) is 26.1. The van der Waals surface area contributed by atoms with Gasteiger partial charge in [-0.1, -0.05) is 6.07 Å². The number of carbonyl (C=O) groups excluding carboxylic acids is 1. The summed E-state index contributed by atoms with van der Waals surface area (Å²) < 4.78 is 6.79. The lowest BCUT2D eigenvalue weighted by atomic mass is 9.97. The van der Waals surface area contributed by atoms with Gasteiger partial charge >= 0.3 is 6.09 Å². The van der Waals surface area contributed by atoms with Gasteiger partial charge in [-0.2, -0.15) is 0 Å². The van der Waals surface area contributed by atoms with Crippen molar-refractivity contribution in [1.29, 1.82) is 0 Å². The highest BCUT2D eigenvalue weighted by atomic mass is 16.6. The Labute approximate surface area is 140 Å². The van der Waals surface area contributed by atoms with Crippen molar-refractivity contribution >= 4 is 22.6 Å². The maximum Gasteiger partial charge on any atom is 0.409 e. The van der Waals surface area contributed by atoms with Crippen LogP contribution in [0, 0.1) is 5.92 Å². The van der Waals surface area contributed by atoms with Crippen LogP contribution in [0.4, 0.5) is 10.5 Å². The summed E-state index contributed by atoms with van der Waals surface area (Å²) in [7, 11) is 0. The molecule has 1 aliphatic rings. The second-order valence-electron chi connectivity index (χ2n) is 6.21. The largest absolute Gasteiger partial charge is 0.450 e. The zero-order chi connectivity index (χ0) is 17.1. The summed E-state index contributed by atoms with van der Waals surface area (Å²) >= 11 is 0. The molecule has 0 bridgehead atoms. The lowest BCUT2D eigenvalue weighted by Gasteiger charge is -2.31. The SMILES string of the molecule is CCOC(=O)N1CCC(Cn2ccc3c(N)cccc3c2=O)CC1. The fourth-order valence-corrected chi connectivity index (χ4v) is 3.28. The normalized spacial score (nSPS) is 15.6. The number of pyridine rings is 1. The number of nitrogens with two attached hydrogens (primary N) is 1. The third-order valence-electron chi connectivity index (χ3n) is 4.65. The summed E-state index contributed by atoms with van der Waals surface area (Å²) in [6, 6.07) is 7.33. The van der Waals surface area contributed by atoms with E-state index in [2.05, 4.69) is 0 Å². The highest BCUT2D eigenvalue weighted by Gasteiger charge is 2.24. The lowest BCUT2D eigenvalue weighted by molar-refractivity contribution is 0.0899. The second-order valence-corrected chi connectivity index (χ2v) is 6.21. The molecule has 0 saturated carbocycles. The van der Waals surface area contributed by atoms with Crippen LogP contribution < -0.4 is 11.3 Å². The van der Waals surface area contributed by atoms with Crippen molar-refractivity contribution in [3.8, 4) is 0 Å².